The van der Waals surface area contributed by atoms with E-state index in [9.17, 15) is 13.6 Å². The predicted molar refractivity (Wildman–Crippen MR) is 92.9 cm³/mol. The number of amides is 1. The average Bonchev–Trinajstić information content (AvgIpc) is 2.97. The van der Waals surface area contributed by atoms with Gasteiger partial charge in [-0.2, -0.15) is 8.78 Å². The van der Waals surface area contributed by atoms with E-state index in [1.54, 1.807) is 18.9 Å². The van der Waals surface area contributed by atoms with E-state index in [0.29, 0.717) is 32.1 Å². The van der Waals surface area contributed by atoms with Gasteiger partial charge in [0, 0.05) is 52.5 Å². The number of halogens is 3. The second-order valence-corrected chi connectivity index (χ2v) is 4.92. The molecule has 0 bridgehead atoms. The first-order valence-electron chi connectivity index (χ1n) is 7.04. The summed E-state index contributed by atoms with van der Waals surface area (Å²) in [5, 5.41) is 3.04. The highest BCUT2D eigenvalue weighted by Crippen LogP contribution is 2.12. The number of hydrogen-bond donors (Lipinski definition) is 1. The van der Waals surface area contributed by atoms with Gasteiger partial charge in [0.05, 0.1) is 6.54 Å². The third-order valence-corrected chi connectivity index (χ3v) is 3.60. The Balaban J connectivity index is 0.00000264. The third-order valence-electron chi connectivity index (χ3n) is 3.60. The smallest absolute Gasteiger partial charge is 0.319 e. The van der Waals surface area contributed by atoms with Gasteiger partial charge in [0.15, 0.2) is 5.96 Å². The molecule has 130 valence electrons. The number of aromatic nitrogens is 2. The van der Waals surface area contributed by atoms with Gasteiger partial charge < -0.3 is 15.1 Å². The fourth-order valence-corrected chi connectivity index (χ4v) is 2.38. The van der Waals surface area contributed by atoms with Crippen LogP contribution in [0, 0.1) is 0 Å². The molecule has 0 aromatic carbocycles. The van der Waals surface area contributed by atoms with Crippen molar-refractivity contribution in [2.24, 2.45) is 4.99 Å². The summed E-state index contributed by atoms with van der Waals surface area (Å²) in [6, 6.07) is 0. The number of piperazine rings is 1. The molecule has 10 heteroatoms. The lowest BCUT2D eigenvalue weighted by molar-refractivity contribution is -0.130. The molecule has 1 aromatic heterocycles. The first-order valence-corrected chi connectivity index (χ1v) is 7.04. The van der Waals surface area contributed by atoms with Crippen molar-refractivity contribution >= 4 is 35.8 Å². The van der Waals surface area contributed by atoms with Gasteiger partial charge in [-0.05, 0) is 0 Å². The lowest BCUT2D eigenvalue weighted by Gasteiger charge is -2.36. The van der Waals surface area contributed by atoms with Crippen molar-refractivity contribution in [2.45, 2.75) is 20.0 Å². The maximum Gasteiger partial charge on any atom is 0.319 e. The topological polar surface area (TPSA) is 65.8 Å². The number of aliphatic imine (C=N–C) groups is 1. The Morgan fingerprint density at radius 2 is 1.96 bits per heavy atom. The number of carbonyl (C=O) groups is 1. The fourth-order valence-electron chi connectivity index (χ4n) is 2.38. The molecule has 0 aliphatic carbocycles. The van der Waals surface area contributed by atoms with Crippen molar-refractivity contribution in [3.05, 3.63) is 18.2 Å². The molecule has 1 N–H and O–H groups in total. The first-order chi connectivity index (χ1) is 10.5. The standard InChI is InChI=1S/C13H20F2N6O.HI/c1-10(22)19-5-7-20(8-6-19)13(16-2)18-9-11-17-3-4-21(11)12(14)15;/h3-4,12H,5-9H2,1-2H3,(H,16,18);1H. The summed E-state index contributed by atoms with van der Waals surface area (Å²) in [6.07, 6.45) is 2.59. The van der Waals surface area contributed by atoms with Gasteiger partial charge in [-0.25, -0.2) is 4.98 Å². The summed E-state index contributed by atoms with van der Waals surface area (Å²) in [6.45, 7) is 1.67. The van der Waals surface area contributed by atoms with E-state index in [2.05, 4.69) is 15.3 Å². The normalized spacial score (nSPS) is 15.6. The highest BCUT2D eigenvalue weighted by atomic mass is 127. The molecular formula is C13H21F2IN6O. The number of carbonyl (C=O) groups excluding carboxylic acids is 1. The van der Waals surface area contributed by atoms with Crippen LogP contribution in [0.4, 0.5) is 8.78 Å². The van der Waals surface area contributed by atoms with Crippen molar-refractivity contribution in [3.63, 3.8) is 0 Å². The second-order valence-electron chi connectivity index (χ2n) is 4.92. The fraction of sp³-hybridized carbons (Fsp3) is 0.615. The van der Waals surface area contributed by atoms with Gasteiger partial charge in [0.25, 0.3) is 0 Å². The highest BCUT2D eigenvalue weighted by Gasteiger charge is 2.21. The molecule has 0 atom stereocenters. The maximum absolute atomic E-state index is 12.8. The Bertz CT molecular complexity index is 542. The molecule has 7 nitrogen and oxygen atoms in total. The Morgan fingerprint density at radius 1 is 1.35 bits per heavy atom. The van der Waals surface area contributed by atoms with Crippen molar-refractivity contribution in [3.8, 4) is 0 Å². The van der Waals surface area contributed by atoms with Crippen LogP contribution in [-0.4, -0.2) is 64.4 Å². The van der Waals surface area contributed by atoms with Gasteiger partial charge in [0.2, 0.25) is 5.91 Å². The highest BCUT2D eigenvalue weighted by molar-refractivity contribution is 14.0. The molecule has 1 saturated heterocycles. The molecule has 0 saturated carbocycles. The van der Waals surface area contributed by atoms with Crippen molar-refractivity contribution in [2.75, 3.05) is 33.2 Å². The summed E-state index contributed by atoms with van der Waals surface area (Å²) < 4.78 is 26.3. The Labute approximate surface area is 150 Å². The SMILES string of the molecule is CN=C(NCc1nccn1C(F)F)N1CCN(C(C)=O)CC1.I. The van der Waals surface area contributed by atoms with Crippen LogP contribution < -0.4 is 5.32 Å². The number of guanidine groups is 1. The molecule has 2 rings (SSSR count). The van der Waals surface area contributed by atoms with E-state index in [1.807, 2.05) is 4.90 Å². The van der Waals surface area contributed by atoms with Crippen LogP contribution in [0.3, 0.4) is 0 Å². The second kappa shape index (κ2) is 8.99. The Hall–Kier alpha value is -1.46. The van der Waals surface area contributed by atoms with Gasteiger partial charge in [-0.15, -0.1) is 24.0 Å². The number of alkyl halides is 2. The van der Waals surface area contributed by atoms with E-state index < -0.39 is 6.55 Å². The van der Waals surface area contributed by atoms with Crippen LogP contribution in [0.1, 0.15) is 19.3 Å². The summed E-state index contributed by atoms with van der Waals surface area (Å²) >= 11 is 0. The monoisotopic (exact) mass is 442 g/mol. The molecule has 0 radical (unpaired) electrons. The number of imidazole rings is 1. The Morgan fingerprint density at radius 3 is 2.48 bits per heavy atom. The van der Waals surface area contributed by atoms with E-state index in [0.717, 1.165) is 4.57 Å². The van der Waals surface area contributed by atoms with Gasteiger partial charge >= 0.3 is 6.55 Å². The van der Waals surface area contributed by atoms with E-state index in [1.165, 1.54) is 12.4 Å². The molecule has 1 aromatic rings. The largest absolute Gasteiger partial charge is 0.349 e. The van der Waals surface area contributed by atoms with Crippen LogP contribution in [0.2, 0.25) is 0 Å². The minimum Gasteiger partial charge on any atom is -0.349 e. The van der Waals surface area contributed by atoms with Crippen LogP contribution in [-0.2, 0) is 11.3 Å². The minimum absolute atomic E-state index is 0. The van der Waals surface area contributed by atoms with Gasteiger partial charge in [-0.1, -0.05) is 0 Å². The van der Waals surface area contributed by atoms with Gasteiger partial charge in [-0.3, -0.25) is 14.4 Å². The molecular weight excluding hydrogens is 421 g/mol. The van der Waals surface area contributed by atoms with E-state index in [-0.39, 0.29) is 42.3 Å². The summed E-state index contributed by atoms with van der Waals surface area (Å²) in [4.78, 5) is 23.2. The Kier molecular flexibility index (Phi) is 7.65. The average molecular weight is 442 g/mol. The van der Waals surface area contributed by atoms with Crippen LogP contribution in [0.5, 0.6) is 0 Å². The predicted octanol–water partition coefficient (Wildman–Crippen LogP) is 1.14. The first kappa shape index (κ1) is 19.6. The molecule has 1 amide bonds. The van der Waals surface area contributed by atoms with Crippen molar-refractivity contribution in [1.29, 1.82) is 0 Å². The molecule has 1 aliphatic heterocycles. The summed E-state index contributed by atoms with van der Waals surface area (Å²) in [5.41, 5.74) is 0. The van der Waals surface area contributed by atoms with Crippen LogP contribution >= 0.6 is 24.0 Å². The molecule has 2 heterocycles. The minimum atomic E-state index is -2.61. The zero-order chi connectivity index (χ0) is 16.1. The molecule has 0 unspecified atom stereocenters. The van der Waals surface area contributed by atoms with Crippen molar-refractivity contribution in [1.82, 2.24) is 24.7 Å². The number of nitrogens with one attached hydrogen (secondary N) is 1. The molecule has 1 fully saturated rings. The molecule has 23 heavy (non-hydrogen) atoms. The van der Waals surface area contributed by atoms with Crippen molar-refractivity contribution < 1.29 is 13.6 Å². The van der Waals surface area contributed by atoms with Crippen LogP contribution in [0.25, 0.3) is 0 Å². The number of rotatable bonds is 3. The summed E-state index contributed by atoms with van der Waals surface area (Å²) in [5.74, 6) is 0.923. The van der Waals surface area contributed by atoms with Gasteiger partial charge in [0.1, 0.15) is 5.82 Å². The number of nitrogens with zero attached hydrogens (tertiary/aromatic N) is 5. The summed E-state index contributed by atoms with van der Waals surface area (Å²) in [7, 11) is 1.64. The molecule has 1 aliphatic rings. The lowest BCUT2D eigenvalue weighted by atomic mass is 10.3. The maximum atomic E-state index is 12.8. The van der Waals surface area contributed by atoms with Crippen LogP contribution in [0.15, 0.2) is 17.4 Å². The van der Waals surface area contributed by atoms with E-state index in [4.69, 9.17) is 0 Å². The number of hydrogen-bond acceptors (Lipinski definition) is 3. The van der Waals surface area contributed by atoms with E-state index >= 15 is 0 Å². The zero-order valence-corrected chi connectivity index (χ0v) is 15.4. The third kappa shape index (κ3) is 5.01. The lowest BCUT2D eigenvalue weighted by Crippen LogP contribution is -2.53. The quantitative estimate of drug-likeness (QED) is 0.433. The molecule has 0 spiro atoms. The zero-order valence-electron chi connectivity index (χ0n) is 13.1.